The topological polar surface area (TPSA) is 12.9 Å². The van der Waals surface area contributed by atoms with Crippen LogP contribution in [0.3, 0.4) is 0 Å². The third kappa shape index (κ3) is 1.71. The second-order valence-electron chi connectivity index (χ2n) is 2.69. The minimum atomic E-state index is 1.03. The number of hydrogen-bond acceptors (Lipinski definition) is 2. The highest BCUT2D eigenvalue weighted by Gasteiger charge is 2.00. The summed E-state index contributed by atoms with van der Waals surface area (Å²) >= 11 is 5.14. The molecule has 1 aromatic carbocycles. The van der Waals surface area contributed by atoms with Gasteiger partial charge in [0, 0.05) is 21.0 Å². The van der Waals surface area contributed by atoms with Gasteiger partial charge >= 0.3 is 0 Å². The van der Waals surface area contributed by atoms with E-state index in [0.29, 0.717) is 0 Å². The van der Waals surface area contributed by atoms with Gasteiger partial charge in [-0.3, -0.25) is 4.98 Å². The van der Waals surface area contributed by atoms with E-state index in [4.69, 9.17) is 0 Å². The molecule has 0 radical (unpaired) electrons. The number of hydrogen-bond donors (Lipinski definition) is 0. The normalized spacial score (nSPS) is 10.6. The summed E-state index contributed by atoms with van der Waals surface area (Å²) in [6.07, 6.45) is 3.90. The molecule has 0 spiro atoms. The first-order valence-corrected chi connectivity index (χ1v) is 5.91. The molecule has 0 saturated heterocycles. The fourth-order valence-electron chi connectivity index (χ4n) is 1.27. The number of thioether (sulfide) groups is 1. The van der Waals surface area contributed by atoms with Crippen LogP contribution in [0.4, 0.5) is 0 Å². The van der Waals surface area contributed by atoms with Crippen LogP contribution >= 0.6 is 27.7 Å². The SMILES string of the molecule is CSc1cccc2cc(Br)cnc12. The van der Waals surface area contributed by atoms with Crippen LogP contribution in [0.1, 0.15) is 0 Å². The minimum absolute atomic E-state index is 1.03. The number of para-hydroxylation sites is 1. The zero-order chi connectivity index (χ0) is 9.26. The van der Waals surface area contributed by atoms with Crippen LogP contribution in [0.2, 0.25) is 0 Å². The summed E-state index contributed by atoms with van der Waals surface area (Å²) in [7, 11) is 0. The van der Waals surface area contributed by atoms with Gasteiger partial charge in [0.1, 0.15) is 0 Å². The summed E-state index contributed by atoms with van der Waals surface area (Å²) in [5, 5.41) is 1.18. The third-order valence-corrected chi connectivity index (χ3v) is 3.06. The van der Waals surface area contributed by atoms with E-state index in [1.54, 1.807) is 11.8 Å². The average Bonchev–Trinajstić information content (AvgIpc) is 2.16. The summed E-state index contributed by atoms with van der Waals surface area (Å²) in [5.74, 6) is 0. The molecule has 0 aliphatic rings. The molecule has 3 heteroatoms. The van der Waals surface area contributed by atoms with Gasteiger partial charge in [0.05, 0.1) is 5.52 Å². The molecular formula is C10H8BrNS. The molecule has 2 rings (SSSR count). The number of benzene rings is 1. The number of fused-ring (bicyclic) bond motifs is 1. The lowest BCUT2D eigenvalue weighted by Crippen LogP contribution is -1.81. The summed E-state index contributed by atoms with van der Waals surface area (Å²) in [5.41, 5.74) is 1.08. The molecule has 0 aliphatic heterocycles. The van der Waals surface area contributed by atoms with Crippen LogP contribution in [0, 0.1) is 0 Å². The molecule has 0 bridgehead atoms. The molecule has 0 unspecified atom stereocenters. The Morgan fingerprint density at radius 3 is 3.00 bits per heavy atom. The monoisotopic (exact) mass is 253 g/mol. The maximum Gasteiger partial charge on any atom is 0.0838 e. The van der Waals surface area contributed by atoms with Gasteiger partial charge in [-0.05, 0) is 34.3 Å². The minimum Gasteiger partial charge on any atom is -0.254 e. The second-order valence-corrected chi connectivity index (χ2v) is 4.45. The number of pyridine rings is 1. The molecule has 1 nitrogen and oxygen atoms in total. The molecule has 0 aliphatic carbocycles. The van der Waals surface area contributed by atoms with Gasteiger partial charge in [0.15, 0.2) is 0 Å². The van der Waals surface area contributed by atoms with Crippen molar-refractivity contribution in [3.8, 4) is 0 Å². The molecule has 0 saturated carbocycles. The molecule has 1 heterocycles. The first-order valence-electron chi connectivity index (χ1n) is 3.89. The highest BCUT2D eigenvalue weighted by Crippen LogP contribution is 2.25. The number of nitrogens with zero attached hydrogens (tertiary/aromatic N) is 1. The molecule has 0 amide bonds. The van der Waals surface area contributed by atoms with Crippen LogP contribution in [0.15, 0.2) is 39.8 Å². The number of rotatable bonds is 1. The molecule has 1 aromatic heterocycles. The zero-order valence-corrected chi connectivity index (χ0v) is 9.52. The lowest BCUT2D eigenvalue weighted by molar-refractivity contribution is 1.34. The lowest BCUT2D eigenvalue weighted by atomic mass is 10.2. The van der Waals surface area contributed by atoms with Crippen molar-refractivity contribution in [3.05, 3.63) is 34.9 Å². The predicted molar refractivity (Wildman–Crippen MR) is 61.2 cm³/mol. The van der Waals surface area contributed by atoms with E-state index in [0.717, 1.165) is 9.99 Å². The first-order chi connectivity index (χ1) is 6.31. The van der Waals surface area contributed by atoms with E-state index in [-0.39, 0.29) is 0 Å². The van der Waals surface area contributed by atoms with Gasteiger partial charge in [0.2, 0.25) is 0 Å². The Morgan fingerprint density at radius 1 is 1.38 bits per heavy atom. The highest BCUT2D eigenvalue weighted by molar-refractivity contribution is 9.10. The highest BCUT2D eigenvalue weighted by atomic mass is 79.9. The van der Waals surface area contributed by atoms with Gasteiger partial charge < -0.3 is 0 Å². The Labute approximate surface area is 89.7 Å². The maximum atomic E-state index is 4.38. The third-order valence-electron chi connectivity index (χ3n) is 1.86. The Balaban J connectivity index is 2.77. The fourth-order valence-corrected chi connectivity index (χ4v) is 2.20. The van der Waals surface area contributed by atoms with Crippen LogP contribution in [-0.2, 0) is 0 Å². The van der Waals surface area contributed by atoms with E-state index in [1.807, 2.05) is 6.20 Å². The average molecular weight is 254 g/mol. The largest absolute Gasteiger partial charge is 0.254 e. The molecule has 66 valence electrons. The van der Waals surface area contributed by atoms with E-state index in [2.05, 4.69) is 51.4 Å². The van der Waals surface area contributed by atoms with Gasteiger partial charge in [-0.1, -0.05) is 12.1 Å². The Morgan fingerprint density at radius 2 is 2.23 bits per heavy atom. The van der Waals surface area contributed by atoms with Crippen molar-refractivity contribution >= 4 is 38.6 Å². The van der Waals surface area contributed by atoms with Crippen molar-refractivity contribution in [3.63, 3.8) is 0 Å². The van der Waals surface area contributed by atoms with Crippen molar-refractivity contribution in [2.24, 2.45) is 0 Å². The lowest BCUT2D eigenvalue weighted by Gasteiger charge is -2.02. The molecule has 2 aromatic rings. The summed E-state index contributed by atoms with van der Waals surface area (Å²) in [6.45, 7) is 0. The zero-order valence-electron chi connectivity index (χ0n) is 7.12. The second kappa shape index (κ2) is 3.68. The number of halogens is 1. The van der Waals surface area contributed by atoms with Gasteiger partial charge in [-0.15, -0.1) is 11.8 Å². The quantitative estimate of drug-likeness (QED) is 0.719. The standard InChI is InChI=1S/C10H8BrNS/c1-13-9-4-2-3-7-5-8(11)6-12-10(7)9/h2-6H,1H3. The summed E-state index contributed by atoms with van der Waals surface area (Å²) in [6, 6.07) is 8.31. The molecule has 0 atom stereocenters. The van der Waals surface area contributed by atoms with Crippen LogP contribution in [0.25, 0.3) is 10.9 Å². The smallest absolute Gasteiger partial charge is 0.0838 e. The van der Waals surface area contributed by atoms with Crippen molar-refractivity contribution in [1.29, 1.82) is 0 Å². The number of aromatic nitrogens is 1. The maximum absolute atomic E-state index is 4.38. The Hall–Kier alpha value is -0.540. The fraction of sp³-hybridized carbons (Fsp3) is 0.100. The van der Waals surface area contributed by atoms with Crippen molar-refractivity contribution < 1.29 is 0 Å². The van der Waals surface area contributed by atoms with E-state index in [9.17, 15) is 0 Å². The van der Waals surface area contributed by atoms with Crippen LogP contribution in [0.5, 0.6) is 0 Å². The molecule has 0 fully saturated rings. The van der Waals surface area contributed by atoms with Crippen molar-refractivity contribution in [1.82, 2.24) is 4.98 Å². The van der Waals surface area contributed by atoms with Crippen molar-refractivity contribution in [2.75, 3.05) is 6.26 Å². The van der Waals surface area contributed by atoms with Gasteiger partial charge in [-0.25, -0.2) is 0 Å². The van der Waals surface area contributed by atoms with E-state index < -0.39 is 0 Å². The van der Waals surface area contributed by atoms with E-state index in [1.165, 1.54) is 10.3 Å². The van der Waals surface area contributed by atoms with Gasteiger partial charge in [-0.2, -0.15) is 0 Å². The first kappa shape index (κ1) is 9.03. The van der Waals surface area contributed by atoms with E-state index >= 15 is 0 Å². The van der Waals surface area contributed by atoms with Gasteiger partial charge in [0.25, 0.3) is 0 Å². The summed E-state index contributed by atoms with van der Waals surface area (Å²) in [4.78, 5) is 5.61. The molecule has 0 N–H and O–H groups in total. The Bertz CT molecular complexity index is 442. The van der Waals surface area contributed by atoms with Crippen LogP contribution < -0.4 is 0 Å². The Kier molecular flexibility index (Phi) is 2.56. The molecule has 13 heavy (non-hydrogen) atoms. The van der Waals surface area contributed by atoms with Crippen LogP contribution in [-0.4, -0.2) is 11.2 Å². The van der Waals surface area contributed by atoms with Crippen molar-refractivity contribution in [2.45, 2.75) is 4.90 Å². The molecular weight excluding hydrogens is 246 g/mol. The predicted octanol–water partition coefficient (Wildman–Crippen LogP) is 3.72. The summed E-state index contributed by atoms with van der Waals surface area (Å²) < 4.78 is 1.03.